The second-order valence-electron chi connectivity index (χ2n) is 5.29. The first-order valence-corrected chi connectivity index (χ1v) is 7.36. The topological polar surface area (TPSA) is 88.3 Å². The first kappa shape index (κ1) is 13.7. The van der Waals surface area contributed by atoms with E-state index in [1.54, 1.807) is 0 Å². The Morgan fingerprint density at radius 3 is 3.24 bits per heavy atom. The zero-order chi connectivity index (χ0) is 14.7. The van der Waals surface area contributed by atoms with Crippen molar-refractivity contribution in [3.05, 3.63) is 12.1 Å². The van der Waals surface area contributed by atoms with Gasteiger partial charge in [0.15, 0.2) is 11.5 Å². The number of anilines is 1. The standard InChI is InChI=1S/C13H19N7O/c1-2-7-14-13(21)10-4-3-8-19(9-10)12-6-5-11-15-17-18-20(11)16-12/h5-6,10H,2-4,7-9H2,1H3,(H,14,21). The van der Waals surface area contributed by atoms with Crippen molar-refractivity contribution in [3.63, 3.8) is 0 Å². The molecule has 1 fully saturated rings. The van der Waals surface area contributed by atoms with E-state index in [-0.39, 0.29) is 11.8 Å². The lowest BCUT2D eigenvalue weighted by molar-refractivity contribution is -0.125. The molecule has 0 bridgehead atoms. The summed E-state index contributed by atoms with van der Waals surface area (Å²) < 4.78 is 1.41. The van der Waals surface area contributed by atoms with Crippen LogP contribution in [0.5, 0.6) is 0 Å². The fourth-order valence-electron chi connectivity index (χ4n) is 2.60. The minimum atomic E-state index is 0.0247. The van der Waals surface area contributed by atoms with E-state index in [2.05, 4.69) is 37.8 Å². The molecule has 0 spiro atoms. The van der Waals surface area contributed by atoms with Gasteiger partial charge >= 0.3 is 0 Å². The van der Waals surface area contributed by atoms with Gasteiger partial charge in [0.25, 0.3) is 0 Å². The van der Waals surface area contributed by atoms with Crippen LogP contribution in [0.1, 0.15) is 26.2 Å². The first-order valence-electron chi connectivity index (χ1n) is 7.36. The average Bonchev–Trinajstić information content (AvgIpc) is 3.00. The molecule has 0 radical (unpaired) electrons. The van der Waals surface area contributed by atoms with Crippen LogP contribution in [-0.2, 0) is 4.79 Å². The smallest absolute Gasteiger partial charge is 0.224 e. The van der Waals surface area contributed by atoms with Crippen LogP contribution in [0.2, 0.25) is 0 Å². The number of piperidine rings is 1. The summed E-state index contributed by atoms with van der Waals surface area (Å²) >= 11 is 0. The highest BCUT2D eigenvalue weighted by atomic mass is 16.1. The molecule has 1 atom stereocenters. The zero-order valence-corrected chi connectivity index (χ0v) is 12.1. The van der Waals surface area contributed by atoms with E-state index in [0.29, 0.717) is 12.2 Å². The summed E-state index contributed by atoms with van der Waals surface area (Å²) in [6, 6.07) is 3.74. The van der Waals surface area contributed by atoms with E-state index < -0.39 is 0 Å². The number of tetrazole rings is 1. The van der Waals surface area contributed by atoms with Crippen molar-refractivity contribution < 1.29 is 4.79 Å². The third-order valence-corrected chi connectivity index (χ3v) is 3.72. The van der Waals surface area contributed by atoms with E-state index in [0.717, 1.165) is 38.2 Å². The van der Waals surface area contributed by atoms with Gasteiger partial charge in [-0.1, -0.05) is 6.92 Å². The molecule has 112 valence electrons. The Bertz CT molecular complexity index is 626. The molecule has 0 saturated carbocycles. The lowest BCUT2D eigenvalue weighted by atomic mass is 9.97. The quantitative estimate of drug-likeness (QED) is 0.868. The molecule has 8 heteroatoms. The van der Waals surface area contributed by atoms with Crippen molar-refractivity contribution in [2.24, 2.45) is 5.92 Å². The maximum Gasteiger partial charge on any atom is 0.224 e. The normalized spacial score (nSPS) is 18.9. The van der Waals surface area contributed by atoms with E-state index in [1.807, 2.05) is 12.1 Å². The second-order valence-corrected chi connectivity index (χ2v) is 5.29. The molecule has 2 aromatic rings. The van der Waals surface area contributed by atoms with Crippen molar-refractivity contribution in [2.45, 2.75) is 26.2 Å². The van der Waals surface area contributed by atoms with Crippen molar-refractivity contribution in [1.82, 2.24) is 30.6 Å². The Labute approximate surface area is 122 Å². The third-order valence-electron chi connectivity index (χ3n) is 3.72. The highest BCUT2D eigenvalue weighted by molar-refractivity contribution is 5.79. The predicted octanol–water partition coefficient (Wildman–Crippen LogP) is 0.262. The Hall–Kier alpha value is -2.25. The minimum absolute atomic E-state index is 0.0247. The summed E-state index contributed by atoms with van der Waals surface area (Å²) in [5.74, 6) is 0.976. The molecule has 1 amide bonds. The van der Waals surface area contributed by atoms with Gasteiger partial charge in [0.1, 0.15) is 0 Å². The van der Waals surface area contributed by atoms with Gasteiger partial charge in [0.2, 0.25) is 5.91 Å². The fourth-order valence-corrected chi connectivity index (χ4v) is 2.60. The maximum atomic E-state index is 12.1. The SMILES string of the molecule is CCCNC(=O)C1CCCN(c2ccc3nnnn3n2)C1. The van der Waals surface area contributed by atoms with E-state index in [1.165, 1.54) is 4.63 Å². The molecule has 1 unspecified atom stereocenters. The molecule has 3 rings (SSSR count). The molecule has 1 N–H and O–H groups in total. The van der Waals surface area contributed by atoms with Gasteiger partial charge in [-0.3, -0.25) is 4.79 Å². The second kappa shape index (κ2) is 6.02. The summed E-state index contributed by atoms with van der Waals surface area (Å²) in [6.45, 7) is 4.39. The molecule has 3 heterocycles. The van der Waals surface area contributed by atoms with Gasteiger partial charge in [-0.2, -0.15) is 0 Å². The van der Waals surface area contributed by atoms with E-state index in [9.17, 15) is 4.79 Å². The fraction of sp³-hybridized carbons (Fsp3) is 0.615. The number of carbonyl (C=O) groups excluding carboxylic acids is 1. The molecule has 21 heavy (non-hydrogen) atoms. The summed E-state index contributed by atoms with van der Waals surface area (Å²) in [4.78, 5) is 14.2. The van der Waals surface area contributed by atoms with Crippen LogP contribution in [0.3, 0.4) is 0 Å². The molecular weight excluding hydrogens is 270 g/mol. The number of nitrogens with zero attached hydrogens (tertiary/aromatic N) is 6. The lowest BCUT2D eigenvalue weighted by Gasteiger charge is -2.32. The van der Waals surface area contributed by atoms with Crippen LogP contribution >= 0.6 is 0 Å². The Morgan fingerprint density at radius 2 is 2.38 bits per heavy atom. The molecule has 0 aliphatic carbocycles. The van der Waals surface area contributed by atoms with Gasteiger partial charge in [0.05, 0.1) is 5.92 Å². The Morgan fingerprint density at radius 1 is 1.48 bits per heavy atom. The van der Waals surface area contributed by atoms with Crippen LogP contribution in [0.4, 0.5) is 5.82 Å². The van der Waals surface area contributed by atoms with E-state index in [4.69, 9.17) is 0 Å². The van der Waals surface area contributed by atoms with Crippen molar-refractivity contribution in [1.29, 1.82) is 0 Å². The summed E-state index contributed by atoms with van der Waals surface area (Å²) in [6.07, 6.45) is 2.87. The number of hydrogen-bond donors (Lipinski definition) is 1. The number of rotatable bonds is 4. The molecule has 1 saturated heterocycles. The number of amides is 1. The van der Waals surface area contributed by atoms with Crippen LogP contribution in [0.15, 0.2) is 12.1 Å². The maximum absolute atomic E-state index is 12.1. The molecule has 2 aromatic heterocycles. The number of fused-ring (bicyclic) bond motifs is 1. The Kier molecular flexibility index (Phi) is 3.94. The molecule has 1 aliphatic heterocycles. The number of aromatic nitrogens is 5. The van der Waals surface area contributed by atoms with Crippen LogP contribution < -0.4 is 10.2 Å². The van der Waals surface area contributed by atoms with Gasteiger partial charge in [-0.25, -0.2) is 0 Å². The molecule has 1 aliphatic rings. The highest BCUT2D eigenvalue weighted by Gasteiger charge is 2.26. The zero-order valence-electron chi connectivity index (χ0n) is 12.1. The van der Waals surface area contributed by atoms with Crippen LogP contribution in [0.25, 0.3) is 5.65 Å². The molecular formula is C13H19N7O. The van der Waals surface area contributed by atoms with Crippen molar-refractivity contribution in [3.8, 4) is 0 Å². The molecule has 8 nitrogen and oxygen atoms in total. The van der Waals surface area contributed by atoms with Gasteiger partial charge in [-0.15, -0.1) is 14.8 Å². The van der Waals surface area contributed by atoms with Gasteiger partial charge < -0.3 is 10.2 Å². The number of carbonyl (C=O) groups is 1. The van der Waals surface area contributed by atoms with Crippen LogP contribution in [-0.4, -0.2) is 50.8 Å². The monoisotopic (exact) mass is 289 g/mol. The highest BCUT2D eigenvalue weighted by Crippen LogP contribution is 2.21. The van der Waals surface area contributed by atoms with Crippen LogP contribution in [0, 0.1) is 5.92 Å². The van der Waals surface area contributed by atoms with Gasteiger partial charge in [0, 0.05) is 19.6 Å². The number of hydrogen-bond acceptors (Lipinski definition) is 6. The summed E-state index contributed by atoms with van der Waals surface area (Å²) in [5, 5.41) is 18.6. The van der Waals surface area contributed by atoms with Gasteiger partial charge in [-0.05, 0) is 41.8 Å². The van der Waals surface area contributed by atoms with Crippen molar-refractivity contribution >= 4 is 17.4 Å². The Balaban J connectivity index is 1.71. The number of nitrogens with one attached hydrogen (secondary N) is 1. The molecule has 0 aromatic carbocycles. The van der Waals surface area contributed by atoms with E-state index >= 15 is 0 Å². The average molecular weight is 289 g/mol. The minimum Gasteiger partial charge on any atom is -0.356 e. The first-order chi connectivity index (χ1) is 10.3. The largest absolute Gasteiger partial charge is 0.356 e. The lowest BCUT2D eigenvalue weighted by Crippen LogP contribution is -2.43. The summed E-state index contributed by atoms with van der Waals surface area (Å²) in [5.41, 5.74) is 0.619. The predicted molar refractivity (Wildman–Crippen MR) is 76.8 cm³/mol. The summed E-state index contributed by atoms with van der Waals surface area (Å²) in [7, 11) is 0. The van der Waals surface area contributed by atoms with Crippen molar-refractivity contribution in [2.75, 3.05) is 24.5 Å². The third kappa shape index (κ3) is 2.93.